The van der Waals surface area contributed by atoms with Gasteiger partial charge in [0.1, 0.15) is 5.56 Å². The molecule has 21 heavy (non-hydrogen) atoms. The standard InChI is InChI=1S/C12H13N5O4/c13-6-9-7-16(3-4-21-9)12(18)10-5-8(15-14)1-2-11(10)17(19)20/h1-2,5,9,15H,3-4,7,14H2. The number of hydrogen-bond acceptors (Lipinski definition) is 7. The molecule has 9 heteroatoms. The third-order valence-electron chi connectivity index (χ3n) is 3.09. The van der Waals surface area contributed by atoms with Gasteiger partial charge in [-0.15, -0.1) is 0 Å². The predicted octanol–water partition coefficient (Wildman–Crippen LogP) is 0.245. The molecule has 1 aliphatic heterocycles. The van der Waals surface area contributed by atoms with Gasteiger partial charge in [0.25, 0.3) is 11.6 Å². The Balaban J connectivity index is 2.33. The highest BCUT2D eigenvalue weighted by Gasteiger charge is 2.29. The number of benzene rings is 1. The fraction of sp³-hybridized carbons (Fsp3) is 0.333. The monoisotopic (exact) mass is 291 g/mol. The lowest BCUT2D eigenvalue weighted by Gasteiger charge is -2.29. The summed E-state index contributed by atoms with van der Waals surface area (Å²) in [7, 11) is 0. The number of hydrazine groups is 1. The van der Waals surface area contributed by atoms with Crippen molar-refractivity contribution in [3.63, 3.8) is 0 Å². The van der Waals surface area contributed by atoms with Crippen LogP contribution in [0.15, 0.2) is 18.2 Å². The van der Waals surface area contributed by atoms with Crippen molar-refractivity contribution in [1.29, 1.82) is 5.26 Å². The number of nitrogens with zero attached hydrogens (tertiary/aromatic N) is 3. The molecule has 110 valence electrons. The highest BCUT2D eigenvalue weighted by molar-refractivity contribution is 5.99. The van der Waals surface area contributed by atoms with E-state index in [1.807, 2.05) is 6.07 Å². The number of nitro groups is 1. The van der Waals surface area contributed by atoms with Crippen LogP contribution in [0.3, 0.4) is 0 Å². The number of nitrogen functional groups attached to an aromatic ring is 1. The normalized spacial score (nSPS) is 17.9. The molecule has 2 rings (SSSR count). The molecule has 0 spiro atoms. The summed E-state index contributed by atoms with van der Waals surface area (Å²) in [5, 5.41) is 19.9. The Morgan fingerprint density at radius 2 is 2.38 bits per heavy atom. The molecule has 0 radical (unpaired) electrons. The molecule has 1 aliphatic rings. The van der Waals surface area contributed by atoms with E-state index < -0.39 is 16.9 Å². The van der Waals surface area contributed by atoms with E-state index in [0.29, 0.717) is 5.69 Å². The van der Waals surface area contributed by atoms with Crippen LogP contribution in [-0.4, -0.2) is 41.5 Å². The summed E-state index contributed by atoms with van der Waals surface area (Å²) in [6, 6.07) is 5.86. The number of rotatable bonds is 3. The van der Waals surface area contributed by atoms with Gasteiger partial charge in [0.05, 0.1) is 24.1 Å². The van der Waals surface area contributed by atoms with Gasteiger partial charge in [-0.25, -0.2) is 0 Å². The Bertz CT molecular complexity index is 612. The maximum absolute atomic E-state index is 12.4. The van der Waals surface area contributed by atoms with Gasteiger partial charge in [0.2, 0.25) is 0 Å². The Morgan fingerprint density at radius 1 is 1.62 bits per heavy atom. The summed E-state index contributed by atoms with van der Waals surface area (Å²) >= 11 is 0. The predicted molar refractivity (Wildman–Crippen MR) is 72.2 cm³/mol. The highest BCUT2D eigenvalue weighted by atomic mass is 16.6. The molecule has 0 aliphatic carbocycles. The van der Waals surface area contributed by atoms with E-state index in [9.17, 15) is 14.9 Å². The zero-order valence-electron chi connectivity index (χ0n) is 11.0. The number of hydrogen-bond donors (Lipinski definition) is 2. The van der Waals surface area contributed by atoms with Crippen LogP contribution in [0.2, 0.25) is 0 Å². The number of ether oxygens (including phenoxy) is 1. The third kappa shape index (κ3) is 3.07. The average molecular weight is 291 g/mol. The molecule has 1 saturated heterocycles. The summed E-state index contributed by atoms with van der Waals surface area (Å²) in [5.74, 6) is 4.73. The maximum atomic E-state index is 12.4. The van der Waals surface area contributed by atoms with Gasteiger partial charge in [0.15, 0.2) is 6.10 Å². The van der Waals surface area contributed by atoms with Crippen LogP contribution in [-0.2, 0) is 4.74 Å². The van der Waals surface area contributed by atoms with E-state index in [4.69, 9.17) is 15.8 Å². The number of nitrogens with one attached hydrogen (secondary N) is 1. The van der Waals surface area contributed by atoms with E-state index in [1.165, 1.54) is 23.1 Å². The number of anilines is 1. The van der Waals surface area contributed by atoms with Gasteiger partial charge < -0.3 is 15.1 Å². The molecule has 1 amide bonds. The average Bonchev–Trinajstić information content (AvgIpc) is 2.53. The maximum Gasteiger partial charge on any atom is 0.282 e. The lowest BCUT2D eigenvalue weighted by Crippen LogP contribution is -2.45. The molecule has 1 unspecified atom stereocenters. The molecule has 1 aromatic rings. The van der Waals surface area contributed by atoms with E-state index in [-0.39, 0.29) is 30.9 Å². The second-order valence-electron chi connectivity index (χ2n) is 4.37. The van der Waals surface area contributed by atoms with Crippen LogP contribution < -0.4 is 11.3 Å². The number of nitro benzene ring substituents is 1. The van der Waals surface area contributed by atoms with E-state index in [1.54, 1.807) is 0 Å². The summed E-state index contributed by atoms with van der Waals surface area (Å²) in [6.07, 6.45) is -0.724. The second kappa shape index (κ2) is 6.17. The van der Waals surface area contributed by atoms with Crippen molar-refractivity contribution < 1.29 is 14.5 Å². The summed E-state index contributed by atoms with van der Waals surface area (Å²) in [5.41, 5.74) is 2.34. The van der Waals surface area contributed by atoms with Gasteiger partial charge in [-0.3, -0.25) is 20.8 Å². The summed E-state index contributed by atoms with van der Waals surface area (Å²) in [4.78, 5) is 24.2. The fourth-order valence-corrected chi connectivity index (χ4v) is 2.04. The zero-order valence-corrected chi connectivity index (χ0v) is 11.0. The largest absolute Gasteiger partial charge is 0.360 e. The quantitative estimate of drug-likeness (QED) is 0.462. The molecule has 0 bridgehead atoms. The minimum atomic E-state index is -0.724. The topological polar surface area (TPSA) is 135 Å². The Kier molecular flexibility index (Phi) is 4.32. The minimum absolute atomic E-state index is 0.0750. The highest BCUT2D eigenvalue weighted by Crippen LogP contribution is 2.24. The van der Waals surface area contributed by atoms with Crippen LogP contribution in [0.5, 0.6) is 0 Å². The second-order valence-corrected chi connectivity index (χ2v) is 4.37. The van der Waals surface area contributed by atoms with Crippen molar-refractivity contribution in [3.05, 3.63) is 33.9 Å². The Morgan fingerprint density at radius 3 is 3.00 bits per heavy atom. The number of nitriles is 1. The SMILES string of the molecule is N#CC1CN(C(=O)c2cc(NN)ccc2[N+](=O)[O-])CCO1. The minimum Gasteiger partial charge on any atom is -0.360 e. The number of carbonyl (C=O) groups excluding carboxylic acids is 1. The number of morpholine rings is 1. The van der Waals surface area contributed by atoms with Crippen molar-refractivity contribution in [2.24, 2.45) is 5.84 Å². The van der Waals surface area contributed by atoms with Crippen molar-refractivity contribution in [3.8, 4) is 6.07 Å². The first-order valence-corrected chi connectivity index (χ1v) is 6.12. The van der Waals surface area contributed by atoms with Gasteiger partial charge in [-0.05, 0) is 12.1 Å². The first-order valence-electron chi connectivity index (χ1n) is 6.12. The number of nitrogens with two attached hydrogens (primary N) is 1. The van der Waals surface area contributed by atoms with Crippen molar-refractivity contribution in [1.82, 2.24) is 4.90 Å². The Hall–Kier alpha value is -2.70. The molecule has 1 fully saturated rings. The first kappa shape index (κ1) is 14.7. The molecule has 0 saturated carbocycles. The lowest BCUT2D eigenvalue weighted by atomic mass is 10.1. The first-order chi connectivity index (χ1) is 10.1. The number of carbonyl (C=O) groups is 1. The van der Waals surface area contributed by atoms with Gasteiger partial charge in [-0.1, -0.05) is 0 Å². The fourth-order valence-electron chi connectivity index (χ4n) is 2.04. The molecular formula is C12H13N5O4. The molecule has 1 aromatic carbocycles. The Labute approximate surface area is 120 Å². The molecule has 0 aromatic heterocycles. The van der Waals surface area contributed by atoms with Crippen LogP contribution >= 0.6 is 0 Å². The summed E-state index contributed by atoms with van der Waals surface area (Å²) < 4.78 is 5.14. The molecule has 1 atom stereocenters. The zero-order chi connectivity index (χ0) is 15.4. The van der Waals surface area contributed by atoms with E-state index >= 15 is 0 Å². The molecule has 1 heterocycles. The van der Waals surface area contributed by atoms with E-state index in [2.05, 4.69) is 5.43 Å². The van der Waals surface area contributed by atoms with Crippen LogP contribution in [0.25, 0.3) is 0 Å². The number of amides is 1. The molecular weight excluding hydrogens is 278 g/mol. The third-order valence-corrected chi connectivity index (χ3v) is 3.09. The van der Waals surface area contributed by atoms with Crippen LogP contribution in [0.4, 0.5) is 11.4 Å². The van der Waals surface area contributed by atoms with Crippen molar-refractivity contribution >= 4 is 17.3 Å². The summed E-state index contributed by atoms with van der Waals surface area (Å²) in [6.45, 7) is 0.563. The lowest BCUT2D eigenvalue weighted by molar-refractivity contribution is -0.385. The van der Waals surface area contributed by atoms with Crippen molar-refractivity contribution in [2.75, 3.05) is 25.1 Å². The van der Waals surface area contributed by atoms with Crippen LogP contribution in [0.1, 0.15) is 10.4 Å². The van der Waals surface area contributed by atoms with Gasteiger partial charge in [-0.2, -0.15) is 5.26 Å². The smallest absolute Gasteiger partial charge is 0.282 e. The molecule has 3 N–H and O–H groups in total. The molecule has 9 nitrogen and oxygen atoms in total. The van der Waals surface area contributed by atoms with Gasteiger partial charge >= 0.3 is 0 Å². The van der Waals surface area contributed by atoms with Crippen LogP contribution in [0, 0.1) is 21.4 Å². The van der Waals surface area contributed by atoms with E-state index in [0.717, 1.165) is 0 Å². The van der Waals surface area contributed by atoms with Gasteiger partial charge in [0, 0.05) is 18.3 Å². The van der Waals surface area contributed by atoms with Crippen molar-refractivity contribution in [2.45, 2.75) is 6.10 Å².